The molecule has 2 nitrogen and oxygen atoms in total. The van der Waals surface area contributed by atoms with E-state index in [-0.39, 0.29) is 0 Å². The fourth-order valence-electron chi connectivity index (χ4n) is 1.35. The molecule has 2 aromatic rings. The molecule has 0 heterocycles. The Morgan fingerprint density at radius 2 is 0.875 bits per heavy atom. The summed E-state index contributed by atoms with van der Waals surface area (Å²) in [6.07, 6.45) is 0. The fourth-order valence-corrected chi connectivity index (χ4v) is 1.35. The smallest absolute Gasteiger partial charge is 0.0785 e. The standard InChI is InChI=1S/C12H12N2.CH3F/c13-11-5-1-9(2-6-11)10-3-7-12(14)8-4-10;1-2/h1-8H,13-14H2;1H3. The van der Waals surface area contributed by atoms with Gasteiger partial charge in [0.15, 0.2) is 0 Å². The van der Waals surface area contributed by atoms with Gasteiger partial charge >= 0.3 is 0 Å². The van der Waals surface area contributed by atoms with E-state index in [1.54, 1.807) is 0 Å². The molecule has 0 aliphatic carbocycles. The minimum atomic E-state index is 0.500. The molecule has 0 spiro atoms. The lowest BCUT2D eigenvalue weighted by molar-refractivity contribution is 0.636. The van der Waals surface area contributed by atoms with Gasteiger partial charge in [0.25, 0.3) is 0 Å². The van der Waals surface area contributed by atoms with E-state index in [0.29, 0.717) is 7.18 Å². The lowest BCUT2D eigenvalue weighted by Gasteiger charge is -2.02. The first-order valence-corrected chi connectivity index (χ1v) is 4.85. The van der Waals surface area contributed by atoms with Gasteiger partial charge in [0, 0.05) is 11.4 Å². The number of benzene rings is 2. The van der Waals surface area contributed by atoms with Gasteiger partial charge in [-0.25, -0.2) is 0 Å². The third-order valence-electron chi connectivity index (χ3n) is 2.15. The topological polar surface area (TPSA) is 52.0 Å². The van der Waals surface area contributed by atoms with Crippen LogP contribution in [-0.2, 0) is 0 Å². The van der Waals surface area contributed by atoms with Crippen molar-refractivity contribution in [2.75, 3.05) is 18.6 Å². The molecule has 0 aromatic heterocycles. The van der Waals surface area contributed by atoms with Crippen LogP contribution >= 0.6 is 0 Å². The van der Waals surface area contributed by atoms with Crippen LogP contribution in [-0.4, -0.2) is 7.18 Å². The monoisotopic (exact) mass is 218 g/mol. The van der Waals surface area contributed by atoms with Crippen LogP contribution < -0.4 is 11.5 Å². The van der Waals surface area contributed by atoms with Crippen LogP contribution in [0.25, 0.3) is 11.1 Å². The van der Waals surface area contributed by atoms with Crippen molar-refractivity contribution in [2.45, 2.75) is 0 Å². The average molecular weight is 218 g/mol. The maximum atomic E-state index is 9.50. The first-order valence-electron chi connectivity index (χ1n) is 4.85. The lowest BCUT2D eigenvalue weighted by atomic mass is 10.1. The third-order valence-corrected chi connectivity index (χ3v) is 2.15. The van der Waals surface area contributed by atoms with Crippen molar-refractivity contribution in [3.63, 3.8) is 0 Å². The van der Waals surface area contributed by atoms with E-state index >= 15 is 0 Å². The van der Waals surface area contributed by atoms with Crippen LogP contribution in [0.2, 0.25) is 0 Å². The third kappa shape index (κ3) is 2.98. The molecule has 4 N–H and O–H groups in total. The molecule has 2 rings (SSSR count). The van der Waals surface area contributed by atoms with Crippen LogP contribution in [0.5, 0.6) is 0 Å². The van der Waals surface area contributed by atoms with E-state index in [2.05, 4.69) is 0 Å². The second-order valence-electron chi connectivity index (χ2n) is 3.24. The summed E-state index contributed by atoms with van der Waals surface area (Å²) in [5.74, 6) is 0. The molecule has 0 saturated heterocycles. The molecule has 0 fully saturated rings. The van der Waals surface area contributed by atoms with Gasteiger partial charge < -0.3 is 11.5 Å². The second kappa shape index (κ2) is 5.75. The van der Waals surface area contributed by atoms with Crippen LogP contribution in [0.15, 0.2) is 48.5 Å². The van der Waals surface area contributed by atoms with Crippen LogP contribution in [0.4, 0.5) is 15.8 Å². The Hall–Kier alpha value is -2.03. The number of rotatable bonds is 1. The Kier molecular flexibility index (Phi) is 4.33. The molecule has 0 atom stereocenters. The summed E-state index contributed by atoms with van der Waals surface area (Å²) >= 11 is 0. The van der Waals surface area contributed by atoms with Crippen molar-refractivity contribution < 1.29 is 4.39 Å². The molecule has 0 amide bonds. The van der Waals surface area contributed by atoms with E-state index in [1.807, 2.05) is 48.5 Å². The minimum absolute atomic E-state index is 0.500. The number of nitrogen functional groups attached to an aromatic ring is 2. The largest absolute Gasteiger partial charge is 0.399 e. The Morgan fingerprint density at radius 3 is 1.12 bits per heavy atom. The van der Waals surface area contributed by atoms with Crippen molar-refractivity contribution in [3.8, 4) is 11.1 Å². The summed E-state index contributed by atoms with van der Waals surface area (Å²) in [7, 11) is 0.500. The molecular weight excluding hydrogens is 203 g/mol. The maximum Gasteiger partial charge on any atom is 0.0785 e. The molecular formula is C13H15FN2. The van der Waals surface area contributed by atoms with Gasteiger partial charge in [-0.3, -0.25) is 4.39 Å². The molecule has 0 aliphatic rings. The van der Waals surface area contributed by atoms with E-state index in [4.69, 9.17) is 11.5 Å². The zero-order chi connectivity index (χ0) is 12.0. The first-order chi connectivity index (χ1) is 7.75. The Bertz CT molecular complexity index is 377. The molecule has 0 radical (unpaired) electrons. The van der Waals surface area contributed by atoms with Gasteiger partial charge in [-0.15, -0.1) is 0 Å². The first kappa shape index (κ1) is 12.0. The number of alkyl halides is 1. The predicted molar refractivity (Wildman–Crippen MR) is 67.7 cm³/mol. The summed E-state index contributed by atoms with van der Waals surface area (Å²) in [6.45, 7) is 0. The molecule has 0 unspecified atom stereocenters. The van der Waals surface area contributed by atoms with Crippen LogP contribution in [0.1, 0.15) is 0 Å². The van der Waals surface area contributed by atoms with Crippen molar-refractivity contribution in [3.05, 3.63) is 48.5 Å². The number of hydrogen-bond acceptors (Lipinski definition) is 2. The van der Waals surface area contributed by atoms with Gasteiger partial charge in [-0.2, -0.15) is 0 Å². The molecule has 3 heteroatoms. The lowest BCUT2D eigenvalue weighted by Crippen LogP contribution is -1.85. The van der Waals surface area contributed by atoms with Gasteiger partial charge in [0.05, 0.1) is 7.18 Å². The summed E-state index contributed by atoms with van der Waals surface area (Å²) in [5, 5.41) is 0. The summed E-state index contributed by atoms with van der Waals surface area (Å²) < 4.78 is 9.50. The highest BCUT2D eigenvalue weighted by molar-refractivity contribution is 5.67. The van der Waals surface area contributed by atoms with Crippen molar-refractivity contribution >= 4 is 11.4 Å². The van der Waals surface area contributed by atoms with Crippen LogP contribution in [0, 0.1) is 0 Å². The molecule has 2 aromatic carbocycles. The SMILES string of the molecule is CF.Nc1ccc(-c2ccc(N)cc2)cc1. The molecule has 16 heavy (non-hydrogen) atoms. The number of halogens is 1. The highest BCUT2D eigenvalue weighted by atomic mass is 19.1. The normalized spacial score (nSPS) is 9.12. The Balaban J connectivity index is 0.000000606. The van der Waals surface area contributed by atoms with Gasteiger partial charge in [-0.1, -0.05) is 24.3 Å². The van der Waals surface area contributed by atoms with E-state index in [1.165, 1.54) is 0 Å². The van der Waals surface area contributed by atoms with E-state index in [0.717, 1.165) is 22.5 Å². The molecule has 0 saturated carbocycles. The van der Waals surface area contributed by atoms with Crippen molar-refractivity contribution in [1.29, 1.82) is 0 Å². The highest BCUT2D eigenvalue weighted by Gasteiger charge is 1.95. The van der Waals surface area contributed by atoms with Crippen molar-refractivity contribution in [1.82, 2.24) is 0 Å². The highest BCUT2D eigenvalue weighted by Crippen LogP contribution is 2.21. The van der Waals surface area contributed by atoms with Gasteiger partial charge in [0.1, 0.15) is 0 Å². The maximum absolute atomic E-state index is 9.50. The van der Waals surface area contributed by atoms with Gasteiger partial charge in [0.2, 0.25) is 0 Å². The second-order valence-corrected chi connectivity index (χ2v) is 3.24. The zero-order valence-electron chi connectivity index (χ0n) is 9.15. The average Bonchev–Trinajstić information content (AvgIpc) is 2.34. The summed E-state index contributed by atoms with van der Waals surface area (Å²) in [4.78, 5) is 0. The summed E-state index contributed by atoms with van der Waals surface area (Å²) in [6, 6.07) is 15.6. The molecule has 0 aliphatic heterocycles. The van der Waals surface area contributed by atoms with Crippen molar-refractivity contribution in [2.24, 2.45) is 0 Å². The minimum Gasteiger partial charge on any atom is -0.399 e. The Morgan fingerprint density at radius 1 is 0.625 bits per heavy atom. The quantitative estimate of drug-likeness (QED) is 0.722. The zero-order valence-corrected chi connectivity index (χ0v) is 9.15. The van der Waals surface area contributed by atoms with E-state index < -0.39 is 0 Å². The molecule has 84 valence electrons. The predicted octanol–water partition coefficient (Wildman–Crippen LogP) is 3.10. The van der Waals surface area contributed by atoms with E-state index in [9.17, 15) is 4.39 Å². The number of anilines is 2. The van der Waals surface area contributed by atoms with Gasteiger partial charge in [-0.05, 0) is 35.4 Å². The number of hydrogen-bond donors (Lipinski definition) is 2. The van der Waals surface area contributed by atoms with Crippen LogP contribution in [0.3, 0.4) is 0 Å². The Labute approximate surface area is 94.7 Å². The number of nitrogens with two attached hydrogens (primary N) is 2. The fraction of sp³-hybridized carbons (Fsp3) is 0.0769. The summed E-state index contributed by atoms with van der Waals surface area (Å²) in [5.41, 5.74) is 15.1. The molecule has 0 bridgehead atoms.